The maximum Gasteiger partial charge on any atom is 0.339 e. The quantitative estimate of drug-likeness (QED) is 0.648. The molecule has 9 nitrogen and oxygen atoms in total. The number of methoxy groups -OCH3 is 1. The summed E-state index contributed by atoms with van der Waals surface area (Å²) in [6, 6.07) is 1.76. The van der Waals surface area contributed by atoms with Gasteiger partial charge in [-0.1, -0.05) is 29.6 Å². The number of fused-ring (bicyclic) bond motifs is 1. The van der Waals surface area contributed by atoms with E-state index in [-0.39, 0.29) is 18.3 Å². The van der Waals surface area contributed by atoms with Crippen LogP contribution in [0.4, 0.5) is 0 Å². The van der Waals surface area contributed by atoms with Gasteiger partial charge >= 0.3 is 11.7 Å². The molecule has 3 heterocycles. The van der Waals surface area contributed by atoms with E-state index in [4.69, 9.17) is 9.37 Å². The van der Waals surface area contributed by atoms with E-state index < -0.39 is 5.97 Å². The van der Waals surface area contributed by atoms with Crippen molar-refractivity contribution in [2.45, 2.75) is 51.6 Å². The summed E-state index contributed by atoms with van der Waals surface area (Å²) in [6.07, 6.45) is 6.73. The lowest BCUT2D eigenvalue weighted by molar-refractivity contribution is 0.0600. The summed E-state index contributed by atoms with van der Waals surface area (Å²) in [6.45, 7) is 1.98. The molecule has 3 aromatic rings. The molecule has 0 unspecified atom stereocenters. The minimum atomic E-state index is -0.493. The summed E-state index contributed by atoms with van der Waals surface area (Å²) < 4.78 is 12.9. The number of pyridine rings is 1. The molecule has 0 atom stereocenters. The topological polar surface area (TPSA) is 105 Å². The number of hydrogen-bond donors (Lipinski definition) is 0. The molecule has 0 aliphatic heterocycles. The Labute approximate surface area is 154 Å². The standard InChI is InChI=1S/C18H21N5O4/c1-11-14(21-27-20-11)10-22-15-8-12(17(24)26-2)9-19-16(15)23(18(22)25)13-6-4-3-5-7-13/h8-9,13H,3-7,10H2,1-2H3. The highest BCUT2D eigenvalue weighted by Crippen LogP contribution is 2.29. The normalized spacial score (nSPS) is 15.3. The maximum atomic E-state index is 13.3. The van der Waals surface area contributed by atoms with Crippen LogP contribution >= 0.6 is 0 Å². The van der Waals surface area contributed by atoms with Gasteiger partial charge in [0.25, 0.3) is 0 Å². The largest absolute Gasteiger partial charge is 0.465 e. The Balaban J connectivity index is 1.90. The number of ether oxygens (including phenoxy) is 1. The van der Waals surface area contributed by atoms with E-state index in [0.717, 1.165) is 25.7 Å². The summed E-state index contributed by atoms with van der Waals surface area (Å²) in [7, 11) is 1.32. The molecule has 1 fully saturated rings. The van der Waals surface area contributed by atoms with Crippen molar-refractivity contribution in [3.63, 3.8) is 0 Å². The van der Waals surface area contributed by atoms with Gasteiger partial charge in [-0.05, 0) is 25.8 Å². The summed E-state index contributed by atoms with van der Waals surface area (Å²) in [5, 5.41) is 7.67. The number of imidazole rings is 1. The van der Waals surface area contributed by atoms with Crippen molar-refractivity contribution in [2.75, 3.05) is 7.11 Å². The fourth-order valence-electron chi connectivity index (χ4n) is 3.75. The van der Waals surface area contributed by atoms with E-state index >= 15 is 0 Å². The lowest BCUT2D eigenvalue weighted by atomic mass is 9.95. The summed E-state index contributed by atoms with van der Waals surface area (Å²) >= 11 is 0. The van der Waals surface area contributed by atoms with Crippen LogP contribution in [0.25, 0.3) is 11.2 Å². The van der Waals surface area contributed by atoms with Gasteiger partial charge in [-0.25, -0.2) is 19.2 Å². The molecule has 27 heavy (non-hydrogen) atoms. The first-order chi connectivity index (χ1) is 13.1. The van der Waals surface area contributed by atoms with Crippen LogP contribution in [0.1, 0.15) is 59.9 Å². The second-order valence-electron chi connectivity index (χ2n) is 6.89. The van der Waals surface area contributed by atoms with Crippen molar-refractivity contribution in [1.29, 1.82) is 0 Å². The SMILES string of the molecule is COC(=O)c1cnc2c(c1)n(Cc1nonc1C)c(=O)n2C1CCCCC1. The maximum absolute atomic E-state index is 13.3. The number of rotatable bonds is 4. The first-order valence-corrected chi connectivity index (χ1v) is 9.07. The number of aryl methyl sites for hydroxylation is 1. The lowest BCUT2D eigenvalue weighted by Crippen LogP contribution is -2.29. The van der Waals surface area contributed by atoms with Crippen LogP contribution in [0.15, 0.2) is 21.7 Å². The smallest absolute Gasteiger partial charge is 0.339 e. The van der Waals surface area contributed by atoms with Gasteiger partial charge in [-0.2, -0.15) is 0 Å². The highest BCUT2D eigenvalue weighted by molar-refractivity contribution is 5.92. The third-order valence-corrected chi connectivity index (χ3v) is 5.22. The number of hydrogen-bond acceptors (Lipinski definition) is 7. The van der Waals surface area contributed by atoms with Crippen LogP contribution in [-0.2, 0) is 11.3 Å². The van der Waals surface area contributed by atoms with Gasteiger partial charge in [0.05, 0.1) is 24.7 Å². The van der Waals surface area contributed by atoms with Crippen molar-refractivity contribution in [1.82, 2.24) is 24.4 Å². The Hall–Kier alpha value is -2.97. The van der Waals surface area contributed by atoms with E-state index in [1.807, 2.05) is 0 Å². The van der Waals surface area contributed by atoms with E-state index in [1.54, 1.807) is 22.1 Å². The summed E-state index contributed by atoms with van der Waals surface area (Å²) in [4.78, 5) is 29.6. The number of esters is 1. The highest BCUT2D eigenvalue weighted by Gasteiger charge is 2.25. The lowest BCUT2D eigenvalue weighted by Gasteiger charge is -2.22. The Morgan fingerprint density at radius 2 is 2.07 bits per heavy atom. The molecule has 0 aromatic carbocycles. The first kappa shape index (κ1) is 17.4. The van der Waals surface area contributed by atoms with Crippen molar-refractivity contribution in [3.05, 3.63) is 39.7 Å². The van der Waals surface area contributed by atoms with Crippen molar-refractivity contribution in [2.24, 2.45) is 0 Å². The van der Waals surface area contributed by atoms with Crippen LogP contribution in [0.3, 0.4) is 0 Å². The van der Waals surface area contributed by atoms with Gasteiger partial charge in [0.1, 0.15) is 11.4 Å². The molecule has 0 N–H and O–H groups in total. The molecule has 0 bridgehead atoms. The molecule has 1 aliphatic rings. The van der Waals surface area contributed by atoms with Crippen molar-refractivity contribution < 1.29 is 14.2 Å². The molecule has 1 saturated carbocycles. The molecule has 9 heteroatoms. The van der Waals surface area contributed by atoms with Crippen molar-refractivity contribution in [3.8, 4) is 0 Å². The predicted molar refractivity (Wildman–Crippen MR) is 95.6 cm³/mol. The van der Waals surface area contributed by atoms with Crippen LogP contribution in [0.2, 0.25) is 0 Å². The van der Waals surface area contributed by atoms with Crippen LogP contribution in [-0.4, -0.2) is 37.5 Å². The Morgan fingerprint density at radius 3 is 2.74 bits per heavy atom. The summed E-state index contributed by atoms with van der Waals surface area (Å²) in [5.41, 5.74) is 2.49. The van der Waals surface area contributed by atoms with E-state index in [0.29, 0.717) is 28.1 Å². The van der Waals surface area contributed by atoms with Crippen LogP contribution in [0.5, 0.6) is 0 Å². The second-order valence-corrected chi connectivity index (χ2v) is 6.89. The minimum Gasteiger partial charge on any atom is -0.465 e. The zero-order chi connectivity index (χ0) is 19.0. The Morgan fingerprint density at radius 1 is 1.30 bits per heavy atom. The number of carbonyl (C=O) groups is 1. The average molecular weight is 371 g/mol. The molecule has 4 rings (SSSR count). The molecular weight excluding hydrogens is 350 g/mol. The molecular formula is C18H21N5O4. The molecule has 0 amide bonds. The van der Waals surface area contributed by atoms with Crippen LogP contribution < -0.4 is 5.69 Å². The van der Waals surface area contributed by atoms with Crippen molar-refractivity contribution >= 4 is 17.1 Å². The number of nitrogens with zero attached hydrogens (tertiary/aromatic N) is 5. The molecule has 1 aliphatic carbocycles. The number of aromatic nitrogens is 5. The number of carbonyl (C=O) groups excluding carboxylic acids is 1. The van der Waals surface area contributed by atoms with Gasteiger partial charge in [0.2, 0.25) is 0 Å². The second kappa shape index (κ2) is 6.98. The van der Waals surface area contributed by atoms with Gasteiger partial charge in [-0.15, -0.1) is 0 Å². The fourth-order valence-corrected chi connectivity index (χ4v) is 3.75. The zero-order valence-electron chi connectivity index (χ0n) is 15.3. The third kappa shape index (κ3) is 3.02. The van der Waals surface area contributed by atoms with Crippen LogP contribution in [0, 0.1) is 6.92 Å². The third-order valence-electron chi connectivity index (χ3n) is 5.22. The monoisotopic (exact) mass is 371 g/mol. The molecule has 0 spiro atoms. The Bertz CT molecular complexity index is 1040. The molecule has 0 saturated heterocycles. The average Bonchev–Trinajstić information content (AvgIpc) is 3.22. The predicted octanol–water partition coefficient (Wildman–Crippen LogP) is 2.23. The van der Waals surface area contributed by atoms with E-state index in [9.17, 15) is 9.59 Å². The van der Waals surface area contributed by atoms with E-state index in [2.05, 4.69) is 15.3 Å². The molecule has 3 aromatic heterocycles. The van der Waals surface area contributed by atoms with Gasteiger partial charge in [0, 0.05) is 12.2 Å². The molecule has 0 radical (unpaired) electrons. The fraction of sp³-hybridized carbons (Fsp3) is 0.500. The zero-order valence-corrected chi connectivity index (χ0v) is 15.3. The summed E-state index contributed by atoms with van der Waals surface area (Å²) in [5.74, 6) is -0.493. The highest BCUT2D eigenvalue weighted by atomic mass is 16.6. The van der Waals surface area contributed by atoms with Gasteiger partial charge in [-0.3, -0.25) is 9.13 Å². The minimum absolute atomic E-state index is 0.114. The van der Waals surface area contributed by atoms with Gasteiger partial charge in [0.15, 0.2) is 5.65 Å². The van der Waals surface area contributed by atoms with E-state index in [1.165, 1.54) is 19.7 Å². The van der Waals surface area contributed by atoms with Gasteiger partial charge < -0.3 is 4.74 Å². The Kier molecular flexibility index (Phi) is 4.51. The molecule has 142 valence electrons. The first-order valence-electron chi connectivity index (χ1n) is 9.07.